The number of halogens is 4. The van der Waals surface area contributed by atoms with Gasteiger partial charge in [-0.1, -0.05) is 31.4 Å². The fourth-order valence-electron chi connectivity index (χ4n) is 4.05. The minimum atomic E-state index is -0.673. The van der Waals surface area contributed by atoms with Gasteiger partial charge in [0, 0.05) is 37.8 Å². The van der Waals surface area contributed by atoms with E-state index in [1.165, 1.54) is 19.3 Å². The molecule has 0 amide bonds. The Labute approximate surface area is 156 Å². The maximum atomic E-state index is 14.6. The van der Waals surface area contributed by atoms with Crippen molar-refractivity contribution >= 4 is 24.8 Å². The van der Waals surface area contributed by atoms with Crippen molar-refractivity contribution in [2.75, 3.05) is 26.2 Å². The number of aryl methyl sites for hydroxylation is 1. The summed E-state index contributed by atoms with van der Waals surface area (Å²) in [5.41, 5.74) is 0.959. The molecule has 0 aromatic heterocycles. The number of nitrogens with one attached hydrogen (secondary N) is 1. The predicted molar refractivity (Wildman–Crippen MR) is 99.3 cm³/mol. The van der Waals surface area contributed by atoms with Crippen molar-refractivity contribution < 1.29 is 8.78 Å². The van der Waals surface area contributed by atoms with E-state index in [9.17, 15) is 8.78 Å². The molecule has 1 heterocycles. The van der Waals surface area contributed by atoms with Gasteiger partial charge < -0.3 is 5.32 Å². The molecule has 1 atom stereocenters. The maximum Gasteiger partial charge on any atom is 0.163 e. The molecule has 1 saturated carbocycles. The van der Waals surface area contributed by atoms with Crippen LogP contribution in [0.2, 0.25) is 0 Å². The first-order valence-corrected chi connectivity index (χ1v) is 8.57. The Kier molecular flexibility index (Phi) is 8.93. The Bertz CT molecular complexity index is 498. The molecule has 0 radical (unpaired) electrons. The van der Waals surface area contributed by atoms with E-state index in [0.717, 1.165) is 39.0 Å². The van der Waals surface area contributed by atoms with Gasteiger partial charge in [0.2, 0.25) is 0 Å². The van der Waals surface area contributed by atoms with Gasteiger partial charge in [0.1, 0.15) is 0 Å². The lowest BCUT2D eigenvalue weighted by molar-refractivity contribution is 0.0999. The highest BCUT2D eigenvalue weighted by atomic mass is 35.5. The fraction of sp³-hybridized carbons (Fsp3) is 0.667. The molecule has 1 N–H and O–H groups in total. The van der Waals surface area contributed by atoms with E-state index in [0.29, 0.717) is 17.0 Å². The summed E-state index contributed by atoms with van der Waals surface area (Å²) in [5.74, 6) is -0.856. The minimum Gasteiger partial charge on any atom is -0.314 e. The third-order valence-electron chi connectivity index (χ3n) is 5.27. The fourth-order valence-corrected chi connectivity index (χ4v) is 4.05. The Hall–Kier alpha value is -0.420. The molecule has 3 rings (SSSR count). The van der Waals surface area contributed by atoms with Gasteiger partial charge >= 0.3 is 0 Å². The highest BCUT2D eigenvalue weighted by Gasteiger charge is 2.33. The van der Waals surface area contributed by atoms with Crippen LogP contribution >= 0.6 is 24.8 Å². The van der Waals surface area contributed by atoms with Crippen LogP contribution in [0.25, 0.3) is 0 Å². The third kappa shape index (κ3) is 4.60. The molecule has 6 heteroatoms. The number of piperazine rings is 1. The first-order chi connectivity index (χ1) is 10.7. The molecule has 1 saturated heterocycles. The molecule has 2 aliphatic rings. The minimum absolute atomic E-state index is 0. The second kappa shape index (κ2) is 9.91. The normalized spacial score (nSPS) is 20.8. The van der Waals surface area contributed by atoms with Crippen molar-refractivity contribution in [1.82, 2.24) is 10.2 Å². The van der Waals surface area contributed by atoms with Crippen molar-refractivity contribution in [2.24, 2.45) is 5.92 Å². The zero-order valence-corrected chi connectivity index (χ0v) is 15.8. The zero-order valence-electron chi connectivity index (χ0n) is 14.2. The van der Waals surface area contributed by atoms with Gasteiger partial charge in [-0.15, -0.1) is 24.8 Å². The smallest absolute Gasteiger partial charge is 0.163 e. The molecule has 1 aliphatic carbocycles. The van der Waals surface area contributed by atoms with Crippen LogP contribution in [0.5, 0.6) is 0 Å². The second-order valence-corrected chi connectivity index (χ2v) is 6.73. The van der Waals surface area contributed by atoms with Crippen LogP contribution in [-0.2, 0) is 0 Å². The molecular weight excluding hydrogens is 353 g/mol. The molecule has 0 spiro atoms. The van der Waals surface area contributed by atoms with Crippen molar-refractivity contribution in [3.05, 3.63) is 34.9 Å². The molecule has 1 aliphatic heterocycles. The lowest BCUT2D eigenvalue weighted by Gasteiger charge is -2.41. The van der Waals surface area contributed by atoms with Crippen LogP contribution in [0.4, 0.5) is 8.78 Å². The Morgan fingerprint density at radius 3 is 2.25 bits per heavy atom. The number of rotatable bonds is 3. The average molecular weight is 381 g/mol. The third-order valence-corrected chi connectivity index (χ3v) is 5.27. The van der Waals surface area contributed by atoms with Gasteiger partial charge in [0.15, 0.2) is 11.6 Å². The van der Waals surface area contributed by atoms with Gasteiger partial charge in [0.05, 0.1) is 0 Å². The lowest BCUT2D eigenvalue weighted by atomic mass is 9.79. The van der Waals surface area contributed by atoms with E-state index in [1.54, 1.807) is 13.0 Å². The molecule has 138 valence electrons. The number of nitrogens with zero attached hydrogens (tertiary/aromatic N) is 1. The maximum absolute atomic E-state index is 14.6. The quantitative estimate of drug-likeness (QED) is 0.821. The van der Waals surface area contributed by atoms with Crippen molar-refractivity contribution in [3.63, 3.8) is 0 Å². The highest BCUT2D eigenvalue weighted by molar-refractivity contribution is 5.85. The van der Waals surface area contributed by atoms with E-state index >= 15 is 0 Å². The summed E-state index contributed by atoms with van der Waals surface area (Å²) in [6.07, 6.45) is 5.95. The van der Waals surface area contributed by atoms with E-state index in [-0.39, 0.29) is 30.9 Å². The highest BCUT2D eigenvalue weighted by Crippen LogP contribution is 2.40. The number of benzene rings is 1. The van der Waals surface area contributed by atoms with Crippen LogP contribution < -0.4 is 5.32 Å². The summed E-state index contributed by atoms with van der Waals surface area (Å²) in [4.78, 5) is 2.36. The standard InChI is InChI=1S/C18H26F2N2.2ClH/c1-13-7-8-15(17(20)16(13)19)18(14-5-3-2-4-6-14)22-11-9-21-10-12-22;;/h7-8,14,18,21H,2-6,9-12H2,1H3;2*1H/t18-;;/m0../s1. The summed E-state index contributed by atoms with van der Waals surface area (Å²) in [7, 11) is 0. The van der Waals surface area contributed by atoms with E-state index in [1.807, 2.05) is 6.07 Å². The first-order valence-electron chi connectivity index (χ1n) is 8.57. The average Bonchev–Trinajstić information content (AvgIpc) is 2.57. The van der Waals surface area contributed by atoms with Gasteiger partial charge in [0.25, 0.3) is 0 Å². The molecule has 2 fully saturated rings. The van der Waals surface area contributed by atoms with Crippen molar-refractivity contribution in [2.45, 2.75) is 45.1 Å². The number of hydrogen-bond acceptors (Lipinski definition) is 2. The Morgan fingerprint density at radius 1 is 1.00 bits per heavy atom. The van der Waals surface area contributed by atoms with Gasteiger partial charge in [-0.25, -0.2) is 8.78 Å². The summed E-state index contributed by atoms with van der Waals surface area (Å²) >= 11 is 0. The second-order valence-electron chi connectivity index (χ2n) is 6.73. The van der Waals surface area contributed by atoms with Crippen LogP contribution in [0.3, 0.4) is 0 Å². The SMILES string of the molecule is Cc1ccc([C@H](C2CCCCC2)N2CCNCC2)c(F)c1F.Cl.Cl. The summed E-state index contributed by atoms with van der Waals surface area (Å²) in [5, 5.41) is 3.35. The summed E-state index contributed by atoms with van der Waals surface area (Å²) in [6.45, 7) is 5.31. The van der Waals surface area contributed by atoms with Crippen LogP contribution in [0, 0.1) is 24.5 Å². The topological polar surface area (TPSA) is 15.3 Å². The largest absolute Gasteiger partial charge is 0.314 e. The van der Waals surface area contributed by atoms with E-state index in [4.69, 9.17) is 0 Å². The van der Waals surface area contributed by atoms with E-state index in [2.05, 4.69) is 10.2 Å². The molecule has 1 aromatic rings. The van der Waals surface area contributed by atoms with Crippen molar-refractivity contribution in [1.29, 1.82) is 0 Å². The molecule has 2 nitrogen and oxygen atoms in total. The summed E-state index contributed by atoms with van der Waals surface area (Å²) < 4.78 is 28.7. The molecule has 24 heavy (non-hydrogen) atoms. The van der Waals surface area contributed by atoms with E-state index < -0.39 is 11.6 Å². The first kappa shape index (κ1) is 21.6. The molecular formula is C18H28Cl2F2N2. The van der Waals surface area contributed by atoms with Crippen LogP contribution in [0.15, 0.2) is 12.1 Å². The monoisotopic (exact) mass is 380 g/mol. The lowest BCUT2D eigenvalue weighted by Crippen LogP contribution is -2.47. The number of hydrogen-bond donors (Lipinski definition) is 1. The van der Waals surface area contributed by atoms with Crippen molar-refractivity contribution in [3.8, 4) is 0 Å². The van der Waals surface area contributed by atoms with Gasteiger partial charge in [-0.2, -0.15) is 0 Å². The van der Waals surface area contributed by atoms with Gasteiger partial charge in [-0.05, 0) is 31.2 Å². The predicted octanol–water partition coefficient (Wildman–Crippen LogP) is 4.64. The molecule has 0 bridgehead atoms. The molecule has 1 aromatic carbocycles. The molecule has 0 unspecified atom stereocenters. The Balaban J connectivity index is 0.00000144. The zero-order chi connectivity index (χ0) is 15.5. The summed E-state index contributed by atoms with van der Waals surface area (Å²) in [6, 6.07) is 3.57. The Morgan fingerprint density at radius 2 is 1.62 bits per heavy atom. The van der Waals surface area contributed by atoms with Crippen LogP contribution in [0.1, 0.15) is 49.3 Å². The van der Waals surface area contributed by atoms with Crippen LogP contribution in [-0.4, -0.2) is 31.1 Å². The van der Waals surface area contributed by atoms with Gasteiger partial charge in [-0.3, -0.25) is 4.90 Å².